The molecule has 8 aromatic carbocycles. The van der Waals surface area contributed by atoms with Gasteiger partial charge in [0.05, 0.1) is 11.1 Å². The fourth-order valence-corrected chi connectivity index (χ4v) is 19.9. The molecular formula is C68H55NS. The van der Waals surface area contributed by atoms with Gasteiger partial charge in [0, 0.05) is 37.1 Å². The van der Waals surface area contributed by atoms with E-state index in [0.29, 0.717) is 29.1 Å². The van der Waals surface area contributed by atoms with Crippen LogP contribution in [-0.4, -0.2) is 0 Å². The molecule has 10 aliphatic rings. The van der Waals surface area contributed by atoms with E-state index in [1.54, 1.807) is 33.4 Å². The van der Waals surface area contributed by atoms with Crippen LogP contribution >= 0.6 is 11.3 Å². The van der Waals surface area contributed by atoms with Crippen molar-refractivity contribution in [2.75, 3.05) is 4.90 Å². The topological polar surface area (TPSA) is 3.24 Å². The van der Waals surface area contributed by atoms with E-state index in [1.165, 1.54) is 146 Å². The van der Waals surface area contributed by atoms with E-state index in [2.05, 4.69) is 169 Å². The normalized spacial score (nSPS) is 28.7. The molecule has 1 heterocycles. The second-order valence-corrected chi connectivity index (χ2v) is 25.1. The van der Waals surface area contributed by atoms with Gasteiger partial charge in [0.1, 0.15) is 0 Å². The van der Waals surface area contributed by atoms with Crippen LogP contribution in [0.15, 0.2) is 164 Å². The van der Waals surface area contributed by atoms with E-state index >= 15 is 0 Å². The lowest BCUT2D eigenvalue weighted by Crippen LogP contribution is -2.41. The van der Waals surface area contributed by atoms with E-state index in [-0.39, 0.29) is 0 Å². The van der Waals surface area contributed by atoms with E-state index in [1.807, 2.05) is 11.3 Å². The van der Waals surface area contributed by atoms with Gasteiger partial charge < -0.3 is 4.90 Å². The van der Waals surface area contributed by atoms with Crippen LogP contribution in [0.4, 0.5) is 17.1 Å². The van der Waals surface area contributed by atoms with Crippen molar-refractivity contribution in [3.8, 4) is 33.4 Å². The van der Waals surface area contributed by atoms with Gasteiger partial charge in [0.15, 0.2) is 0 Å². The standard InChI is InChI=1S/C68H55NS/c1-2-10-40(11-3-1)41-18-20-48(21-19-41)69(49-22-23-53-52-14-6-9-17-62(52)70-63(53)32-49)66-64-43-27-38-24-39(28-43)26-42(25-38)56(64)35-61-65(66)57-33-54-44-29-46-31-47-30-45(37-67(46,47)36-44)55(54)34-60(57)68(61)58-15-7-4-12-50(58)51-13-5-8-16-59(51)68/h1-23,32-35,38-39,42-47H,24-31,36-37H2. The Bertz CT molecular complexity index is 3700. The molecule has 0 radical (unpaired) electrons. The number of benzene rings is 8. The highest BCUT2D eigenvalue weighted by molar-refractivity contribution is 7.25. The van der Waals surface area contributed by atoms with Crippen LogP contribution in [0.3, 0.4) is 0 Å². The average Bonchev–Trinajstić information content (AvgIpc) is 4.13. The van der Waals surface area contributed by atoms with E-state index in [0.717, 1.165) is 23.7 Å². The number of fused-ring (bicyclic) bond motifs is 18. The SMILES string of the molecule is c1ccc(-c2ccc(N(c3ccc4c(c3)sc3ccccc34)c3c4c(cc5c3C3CC6CC(CC5C6)C3)C3(c5ccccc5-c5ccccc53)c3cc5c(cc3-4)C3CC4CC6CC5CC46C3)cc2)cc1. The highest BCUT2D eigenvalue weighted by Gasteiger charge is 2.66. The van der Waals surface area contributed by atoms with Gasteiger partial charge in [0.2, 0.25) is 0 Å². The lowest BCUT2D eigenvalue weighted by Gasteiger charge is -2.48. The van der Waals surface area contributed by atoms with Gasteiger partial charge in [-0.3, -0.25) is 0 Å². The molecule has 0 amide bonds. The summed E-state index contributed by atoms with van der Waals surface area (Å²) in [5.74, 6) is 6.01. The van der Waals surface area contributed by atoms with E-state index < -0.39 is 5.41 Å². The molecule has 0 N–H and O–H groups in total. The third-order valence-electron chi connectivity index (χ3n) is 21.2. The Kier molecular flexibility index (Phi) is 7.37. The summed E-state index contributed by atoms with van der Waals surface area (Å²) >= 11 is 1.96. The first-order valence-electron chi connectivity index (χ1n) is 27.1. The summed E-state index contributed by atoms with van der Waals surface area (Å²) in [6.07, 6.45) is 13.9. The second-order valence-electron chi connectivity index (χ2n) is 24.0. The van der Waals surface area contributed by atoms with Gasteiger partial charge in [-0.1, -0.05) is 133 Å². The summed E-state index contributed by atoms with van der Waals surface area (Å²) in [5, 5.41) is 2.73. The lowest BCUT2D eigenvalue weighted by atomic mass is 9.56. The van der Waals surface area contributed by atoms with Crippen molar-refractivity contribution in [3.05, 3.63) is 208 Å². The maximum Gasteiger partial charge on any atom is 0.0726 e. The molecule has 7 unspecified atom stereocenters. The van der Waals surface area contributed by atoms with Crippen LogP contribution in [-0.2, 0) is 5.41 Å². The quantitative estimate of drug-likeness (QED) is 0.170. The maximum absolute atomic E-state index is 2.89. The minimum Gasteiger partial charge on any atom is -0.310 e. The molecule has 7 bridgehead atoms. The van der Waals surface area contributed by atoms with Crippen LogP contribution in [0.5, 0.6) is 0 Å². The van der Waals surface area contributed by atoms with Crippen molar-refractivity contribution >= 4 is 48.6 Å². The van der Waals surface area contributed by atoms with Crippen LogP contribution in [0.2, 0.25) is 0 Å². The smallest absolute Gasteiger partial charge is 0.0726 e. The number of thiophene rings is 1. The zero-order chi connectivity index (χ0) is 45.2. The summed E-state index contributed by atoms with van der Waals surface area (Å²) < 4.78 is 2.73. The minimum absolute atomic E-state index is 0.401. The van der Waals surface area contributed by atoms with Crippen molar-refractivity contribution in [2.24, 2.45) is 29.1 Å². The van der Waals surface area contributed by atoms with Crippen LogP contribution < -0.4 is 4.90 Å². The predicted molar refractivity (Wildman–Crippen MR) is 289 cm³/mol. The molecule has 0 aliphatic heterocycles. The Morgan fingerprint density at radius 2 is 1.03 bits per heavy atom. The molecule has 9 aromatic rings. The second kappa shape index (κ2) is 13.4. The highest BCUT2D eigenvalue weighted by atomic mass is 32.1. The van der Waals surface area contributed by atoms with Crippen LogP contribution in [0, 0.1) is 29.1 Å². The number of hydrogen-bond donors (Lipinski definition) is 0. The van der Waals surface area contributed by atoms with Gasteiger partial charge in [-0.05, 0) is 220 Å². The first-order chi connectivity index (χ1) is 34.6. The molecule has 5 fully saturated rings. The Morgan fingerprint density at radius 3 is 1.79 bits per heavy atom. The largest absolute Gasteiger partial charge is 0.310 e. The Hall–Kier alpha value is -6.22. The number of hydrogen-bond acceptors (Lipinski definition) is 2. The fourth-order valence-electron chi connectivity index (χ4n) is 18.8. The molecule has 1 aromatic heterocycles. The third-order valence-corrected chi connectivity index (χ3v) is 22.3. The Balaban J connectivity index is 0.993. The molecule has 19 rings (SSSR count). The molecule has 2 heteroatoms. The van der Waals surface area contributed by atoms with Gasteiger partial charge >= 0.3 is 0 Å². The average molecular weight is 918 g/mol. The maximum atomic E-state index is 2.89. The van der Waals surface area contributed by atoms with Crippen molar-refractivity contribution in [2.45, 2.75) is 93.3 Å². The van der Waals surface area contributed by atoms with E-state index in [4.69, 9.17) is 0 Å². The summed E-state index contributed by atoms with van der Waals surface area (Å²) in [4.78, 5) is 2.82. The van der Waals surface area contributed by atoms with Gasteiger partial charge in [-0.15, -0.1) is 11.3 Å². The molecule has 338 valence electrons. The predicted octanol–water partition coefficient (Wildman–Crippen LogP) is 18.3. The summed E-state index contributed by atoms with van der Waals surface area (Å²) in [7, 11) is 0. The van der Waals surface area contributed by atoms with Crippen molar-refractivity contribution in [1.82, 2.24) is 0 Å². The minimum atomic E-state index is -0.401. The third kappa shape index (κ3) is 4.72. The number of anilines is 3. The molecule has 2 spiro atoms. The number of rotatable bonds is 4. The number of nitrogens with zero attached hydrogens (tertiary/aromatic N) is 1. The molecule has 7 atom stereocenters. The van der Waals surface area contributed by atoms with E-state index in [9.17, 15) is 0 Å². The first-order valence-corrected chi connectivity index (χ1v) is 27.9. The van der Waals surface area contributed by atoms with Crippen LogP contribution in [0.25, 0.3) is 53.6 Å². The summed E-state index contributed by atoms with van der Waals surface area (Å²) in [5.41, 5.74) is 25.6. The fraction of sp³-hybridized carbons (Fsp3) is 0.294. The van der Waals surface area contributed by atoms with Crippen LogP contribution in [0.1, 0.15) is 132 Å². The summed E-state index contributed by atoms with van der Waals surface area (Å²) in [6, 6.07) is 65.2. The molecule has 70 heavy (non-hydrogen) atoms. The Labute approximate surface area is 415 Å². The molecule has 0 saturated heterocycles. The molecule has 10 aliphatic carbocycles. The lowest BCUT2D eigenvalue weighted by molar-refractivity contribution is 0.00322. The zero-order valence-corrected chi connectivity index (χ0v) is 40.5. The Morgan fingerprint density at radius 1 is 0.414 bits per heavy atom. The monoisotopic (exact) mass is 917 g/mol. The zero-order valence-electron chi connectivity index (χ0n) is 39.6. The van der Waals surface area contributed by atoms with Crippen molar-refractivity contribution < 1.29 is 0 Å². The van der Waals surface area contributed by atoms with Gasteiger partial charge in [-0.25, -0.2) is 0 Å². The molecular weight excluding hydrogens is 863 g/mol. The summed E-state index contributed by atoms with van der Waals surface area (Å²) in [6.45, 7) is 0. The van der Waals surface area contributed by atoms with Gasteiger partial charge in [0.25, 0.3) is 0 Å². The first kappa shape index (κ1) is 38.5. The van der Waals surface area contributed by atoms with Gasteiger partial charge in [-0.2, -0.15) is 0 Å². The van der Waals surface area contributed by atoms with Crippen molar-refractivity contribution in [1.29, 1.82) is 0 Å². The molecule has 5 saturated carbocycles. The highest BCUT2D eigenvalue weighted by Crippen LogP contribution is 2.77. The van der Waals surface area contributed by atoms with Crippen molar-refractivity contribution in [3.63, 3.8) is 0 Å². The molecule has 1 nitrogen and oxygen atoms in total.